The topological polar surface area (TPSA) is 59.9 Å². The van der Waals surface area contributed by atoms with Gasteiger partial charge in [0.2, 0.25) is 0 Å². The van der Waals surface area contributed by atoms with Gasteiger partial charge in [-0.3, -0.25) is 5.10 Å². The largest absolute Gasteiger partial charge is 0.462 e. The molecule has 0 aliphatic rings. The normalized spacial score (nSPS) is 11.6. The number of benzene rings is 2. The number of aromatic nitrogens is 3. The summed E-state index contributed by atoms with van der Waals surface area (Å²) < 4.78 is 21.3. The van der Waals surface area contributed by atoms with Crippen molar-refractivity contribution in [1.29, 1.82) is 0 Å². The van der Waals surface area contributed by atoms with E-state index in [9.17, 15) is 9.18 Å². The summed E-state index contributed by atoms with van der Waals surface area (Å²) in [6, 6.07) is 8.93. The first-order chi connectivity index (χ1) is 13.4. The van der Waals surface area contributed by atoms with Gasteiger partial charge in [-0.1, -0.05) is 13.8 Å². The average molecular weight is 379 g/mol. The highest BCUT2D eigenvalue weighted by atomic mass is 19.1. The van der Waals surface area contributed by atoms with E-state index in [0.717, 1.165) is 33.2 Å². The Kier molecular flexibility index (Phi) is 4.41. The molecule has 2 heterocycles. The van der Waals surface area contributed by atoms with E-state index in [1.54, 1.807) is 32.2 Å². The van der Waals surface area contributed by atoms with E-state index in [-0.39, 0.29) is 17.7 Å². The van der Waals surface area contributed by atoms with Crippen LogP contribution in [0.15, 0.2) is 36.5 Å². The van der Waals surface area contributed by atoms with Crippen molar-refractivity contribution >= 4 is 27.8 Å². The predicted molar refractivity (Wildman–Crippen MR) is 108 cm³/mol. The van der Waals surface area contributed by atoms with Crippen molar-refractivity contribution in [2.45, 2.75) is 33.6 Å². The Labute approximate surface area is 162 Å². The summed E-state index contributed by atoms with van der Waals surface area (Å²) in [6.45, 7) is 7.90. The Balaban J connectivity index is 2.15. The average Bonchev–Trinajstić information content (AvgIpc) is 3.23. The fraction of sp³-hybridized carbons (Fsp3) is 0.273. The van der Waals surface area contributed by atoms with Crippen molar-refractivity contribution in [2.75, 3.05) is 6.61 Å². The van der Waals surface area contributed by atoms with Crippen LogP contribution < -0.4 is 0 Å². The van der Waals surface area contributed by atoms with Gasteiger partial charge in [0, 0.05) is 22.2 Å². The number of carbonyl (C=O) groups is 1. The molecule has 1 N–H and O–H groups in total. The van der Waals surface area contributed by atoms with Crippen molar-refractivity contribution in [1.82, 2.24) is 14.8 Å². The minimum Gasteiger partial charge on any atom is -0.462 e. The molecule has 0 saturated heterocycles. The van der Waals surface area contributed by atoms with E-state index in [2.05, 4.69) is 10.2 Å². The first kappa shape index (κ1) is 18.2. The number of nitrogens with one attached hydrogen (secondary N) is 1. The minimum absolute atomic E-state index is 0.0497. The van der Waals surface area contributed by atoms with Gasteiger partial charge in [0.05, 0.1) is 29.4 Å². The van der Waals surface area contributed by atoms with Crippen LogP contribution in [-0.4, -0.2) is 27.3 Å². The van der Waals surface area contributed by atoms with Gasteiger partial charge in [-0.15, -0.1) is 0 Å². The van der Waals surface area contributed by atoms with E-state index in [4.69, 9.17) is 4.74 Å². The molecular weight excluding hydrogens is 357 g/mol. The Morgan fingerprint density at radius 1 is 1.29 bits per heavy atom. The van der Waals surface area contributed by atoms with Gasteiger partial charge in [0.1, 0.15) is 5.82 Å². The first-order valence-corrected chi connectivity index (χ1v) is 9.37. The van der Waals surface area contributed by atoms with Gasteiger partial charge in [0.25, 0.3) is 0 Å². The second-order valence-electron chi connectivity index (χ2n) is 7.23. The number of rotatable bonds is 4. The number of nitrogens with zero attached hydrogens (tertiary/aromatic N) is 2. The second kappa shape index (κ2) is 6.78. The zero-order valence-electron chi connectivity index (χ0n) is 16.3. The van der Waals surface area contributed by atoms with Crippen LogP contribution >= 0.6 is 0 Å². The van der Waals surface area contributed by atoms with Crippen molar-refractivity contribution in [2.24, 2.45) is 0 Å². The Morgan fingerprint density at radius 2 is 2.07 bits per heavy atom. The third-order valence-electron chi connectivity index (χ3n) is 4.99. The summed E-state index contributed by atoms with van der Waals surface area (Å²) in [7, 11) is 0. The molecule has 0 radical (unpaired) electrons. The summed E-state index contributed by atoms with van der Waals surface area (Å²) in [5.74, 6) is -0.560. The van der Waals surface area contributed by atoms with E-state index >= 15 is 0 Å². The van der Waals surface area contributed by atoms with E-state index in [1.807, 2.05) is 30.5 Å². The number of H-pyrrole nitrogens is 1. The maximum absolute atomic E-state index is 13.9. The molecule has 0 atom stereocenters. The van der Waals surface area contributed by atoms with Gasteiger partial charge in [-0.2, -0.15) is 5.10 Å². The van der Waals surface area contributed by atoms with Gasteiger partial charge in [0.15, 0.2) is 0 Å². The van der Waals surface area contributed by atoms with Crippen LogP contribution in [0.5, 0.6) is 0 Å². The molecule has 0 saturated carbocycles. The van der Waals surface area contributed by atoms with Gasteiger partial charge in [-0.25, -0.2) is 9.18 Å². The number of halogens is 1. The van der Waals surface area contributed by atoms with Crippen LogP contribution in [0.25, 0.3) is 27.5 Å². The number of esters is 1. The number of hydrogen-bond acceptors (Lipinski definition) is 3. The van der Waals surface area contributed by atoms with E-state index in [1.165, 1.54) is 6.07 Å². The standard InChI is InChI=1S/C22H22FN3O2/c1-5-28-22(27)20-16-10-18-14(11-24-25-18)9-19(16)26(21(20)12(2)3)15-6-7-17(23)13(4)8-15/h6-12H,5H2,1-4H3,(H,24,25). The summed E-state index contributed by atoms with van der Waals surface area (Å²) in [6.07, 6.45) is 1.75. The van der Waals surface area contributed by atoms with Gasteiger partial charge < -0.3 is 9.30 Å². The third kappa shape index (κ3) is 2.76. The molecule has 0 aliphatic carbocycles. The first-order valence-electron chi connectivity index (χ1n) is 9.37. The minimum atomic E-state index is -0.354. The highest BCUT2D eigenvalue weighted by Gasteiger charge is 2.27. The lowest BCUT2D eigenvalue weighted by molar-refractivity contribution is 0.0527. The van der Waals surface area contributed by atoms with Gasteiger partial charge in [-0.05, 0) is 55.7 Å². The molecule has 6 heteroatoms. The quantitative estimate of drug-likeness (QED) is 0.492. The maximum Gasteiger partial charge on any atom is 0.340 e. The van der Waals surface area contributed by atoms with Crippen LogP contribution in [0, 0.1) is 12.7 Å². The molecular formula is C22H22FN3O2. The van der Waals surface area contributed by atoms with Crippen molar-refractivity contribution in [3.05, 3.63) is 59.2 Å². The molecule has 4 rings (SSSR count). The zero-order valence-corrected chi connectivity index (χ0v) is 16.3. The SMILES string of the molecule is CCOC(=O)c1c(C(C)C)n(-c2ccc(F)c(C)c2)c2cc3cn[nH]c3cc12. The fourth-order valence-electron chi connectivity index (χ4n) is 3.75. The van der Waals surface area contributed by atoms with Crippen LogP contribution in [-0.2, 0) is 4.74 Å². The molecule has 28 heavy (non-hydrogen) atoms. The lowest BCUT2D eigenvalue weighted by atomic mass is 10.0. The number of aryl methyl sites for hydroxylation is 1. The third-order valence-corrected chi connectivity index (χ3v) is 4.99. The molecule has 0 spiro atoms. The summed E-state index contributed by atoms with van der Waals surface area (Å²) >= 11 is 0. The second-order valence-corrected chi connectivity index (χ2v) is 7.23. The monoisotopic (exact) mass is 379 g/mol. The highest BCUT2D eigenvalue weighted by molar-refractivity contribution is 6.10. The van der Waals surface area contributed by atoms with Crippen molar-refractivity contribution in [3.63, 3.8) is 0 Å². The summed E-state index contributed by atoms with van der Waals surface area (Å²) in [4.78, 5) is 12.9. The Hall–Kier alpha value is -3.15. The van der Waals surface area contributed by atoms with Crippen molar-refractivity contribution < 1.29 is 13.9 Å². The Morgan fingerprint density at radius 3 is 2.75 bits per heavy atom. The maximum atomic E-state index is 13.9. The summed E-state index contributed by atoms with van der Waals surface area (Å²) in [5.41, 5.74) is 4.47. The van der Waals surface area contributed by atoms with Gasteiger partial charge >= 0.3 is 5.97 Å². The van der Waals surface area contributed by atoms with Crippen molar-refractivity contribution in [3.8, 4) is 5.69 Å². The molecule has 2 aromatic heterocycles. The molecule has 0 bridgehead atoms. The number of carbonyl (C=O) groups excluding carboxylic acids is 1. The molecule has 144 valence electrons. The number of fused-ring (bicyclic) bond motifs is 2. The highest BCUT2D eigenvalue weighted by Crippen LogP contribution is 2.36. The Bertz CT molecular complexity index is 1200. The van der Waals surface area contributed by atoms with E-state index < -0.39 is 0 Å². The molecule has 4 aromatic rings. The molecule has 0 fully saturated rings. The molecule has 0 aliphatic heterocycles. The number of ether oxygens (including phenoxy) is 1. The molecule has 2 aromatic carbocycles. The van der Waals surface area contributed by atoms with Crippen LogP contribution in [0.1, 0.15) is 48.3 Å². The fourth-order valence-corrected chi connectivity index (χ4v) is 3.75. The predicted octanol–water partition coefficient (Wildman–Crippen LogP) is 5.25. The zero-order chi connectivity index (χ0) is 20.0. The van der Waals surface area contributed by atoms with Crippen LogP contribution in [0.2, 0.25) is 0 Å². The smallest absolute Gasteiger partial charge is 0.340 e. The van der Waals surface area contributed by atoms with Crippen LogP contribution in [0.3, 0.4) is 0 Å². The number of aromatic amines is 1. The molecule has 0 amide bonds. The summed E-state index contributed by atoms with van der Waals surface area (Å²) in [5, 5.41) is 8.80. The lowest BCUT2D eigenvalue weighted by Crippen LogP contribution is -2.11. The van der Waals surface area contributed by atoms with E-state index in [0.29, 0.717) is 17.7 Å². The number of hydrogen-bond donors (Lipinski definition) is 1. The van der Waals surface area contributed by atoms with Crippen LogP contribution in [0.4, 0.5) is 4.39 Å². The lowest BCUT2D eigenvalue weighted by Gasteiger charge is -2.16. The molecule has 0 unspecified atom stereocenters. The molecule has 5 nitrogen and oxygen atoms in total.